The number of nitrogens with one attached hydrogen (secondary N) is 1. The van der Waals surface area contributed by atoms with E-state index in [1.807, 2.05) is 65.3 Å². The summed E-state index contributed by atoms with van der Waals surface area (Å²) in [6.07, 6.45) is 5.47. The number of nitrogens with zero attached hydrogens (tertiary/aromatic N) is 3. The van der Waals surface area contributed by atoms with E-state index in [4.69, 9.17) is 4.74 Å². The molecule has 2 aromatic heterocycles. The fourth-order valence-corrected chi connectivity index (χ4v) is 2.81. The fraction of sp³-hybridized carbons (Fsp3) is 0.100. The zero-order valence-electron chi connectivity index (χ0n) is 14.3. The van der Waals surface area contributed by atoms with Gasteiger partial charge >= 0.3 is 0 Å². The quantitative estimate of drug-likeness (QED) is 0.577. The van der Waals surface area contributed by atoms with E-state index in [-0.39, 0.29) is 6.61 Å². The molecule has 2 aromatic carbocycles. The second-order valence-electron chi connectivity index (χ2n) is 5.82. The number of aliphatic hydroxyl groups is 1. The number of hydrogen-bond donors (Lipinski definition) is 2. The number of anilines is 2. The lowest BCUT2D eigenvalue weighted by Crippen LogP contribution is -2.00. The number of aliphatic hydroxyl groups excluding tert-OH is 1. The Bertz CT molecular complexity index is 1020. The van der Waals surface area contributed by atoms with E-state index in [1.165, 1.54) is 0 Å². The van der Waals surface area contributed by atoms with Gasteiger partial charge in [0.15, 0.2) is 11.5 Å². The van der Waals surface area contributed by atoms with Gasteiger partial charge in [-0.25, -0.2) is 9.97 Å². The van der Waals surface area contributed by atoms with Crippen LogP contribution < -0.4 is 10.1 Å². The smallest absolute Gasteiger partial charge is 0.180 e. The summed E-state index contributed by atoms with van der Waals surface area (Å²) in [7, 11) is 1.64. The molecular formula is C20H18N4O2. The number of imidazole rings is 1. The Morgan fingerprint density at radius 3 is 2.50 bits per heavy atom. The summed E-state index contributed by atoms with van der Waals surface area (Å²) in [6, 6.07) is 15.4. The number of rotatable bonds is 5. The van der Waals surface area contributed by atoms with Crippen molar-refractivity contribution in [2.24, 2.45) is 0 Å². The highest BCUT2D eigenvalue weighted by molar-refractivity contribution is 5.74. The van der Waals surface area contributed by atoms with Crippen molar-refractivity contribution in [1.82, 2.24) is 14.4 Å². The average Bonchev–Trinajstić information content (AvgIpc) is 3.19. The monoisotopic (exact) mass is 346 g/mol. The summed E-state index contributed by atoms with van der Waals surface area (Å²) < 4.78 is 7.18. The van der Waals surface area contributed by atoms with Crippen molar-refractivity contribution in [3.63, 3.8) is 0 Å². The van der Waals surface area contributed by atoms with Gasteiger partial charge < -0.3 is 15.2 Å². The van der Waals surface area contributed by atoms with Gasteiger partial charge in [0.25, 0.3) is 0 Å². The van der Waals surface area contributed by atoms with E-state index in [0.717, 1.165) is 33.9 Å². The lowest BCUT2D eigenvalue weighted by atomic mass is 10.1. The molecule has 26 heavy (non-hydrogen) atoms. The molecule has 0 amide bonds. The van der Waals surface area contributed by atoms with Gasteiger partial charge in [0.05, 0.1) is 25.6 Å². The second-order valence-corrected chi connectivity index (χ2v) is 5.82. The molecule has 6 heteroatoms. The molecule has 0 bridgehead atoms. The molecule has 0 saturated carbocycles. The number of aromatic nitrogens is 3. The van der Waals surface area contributed by atoms with Crippen LogP contribution in [0, 0.1) is 0 Å². The third-order valence-electron chi connectivity index (χ3n) is 4.21. The Labute approximate surface area is 150 Å². The predicted octanol–water partition coefficient (Wildman–Crippen LogP) is 3.64. The number of benzene rings is 2. The molecule has 0 atom stereocenters. The van der Waals surface area contributed by atoms with Crippen molar-refractivity contribution < 1.29 is 9.84 Å². The summed E-state index contributed by atoms with van der Waals surface area (Å²) in [5.74, 6) is 1.48. The molecule has 0 spiro atoms. The Morgan fingerprint density at radius 2 is 1.81 bits per heavy atom. The van der Waals surface area contributed by atoms with E-state index < -0.39 is 0 Å². The van der Waals surface area contributed by atoms with Crippen molar-refractivity contribution in [1.29, 1.82) is 0 Å². The zero-order chi connectivity index (χ0) is 17.9. The summed E-state index contributed by atoms with van der Waals surface area (Å²) in [6.45, 7) is 0.0315. The molecule has 0 aliphatic carbocycles. The Kier molecular flexibility index (Phi) is 4.25. The zero-order valence-corrected chi connectivity index (χ0v) is 14.3. The SMILES string of the molecule is COc1ccc(Nc2ncc(-c3ccc(CO)cc3)n3ccnc23)cc1. The molecule has 0 unspecified atom stereocenters. The molecular weight excluding hydrogens is 328 g/mol. The Balaban J connectivity index is 1.70. The molecule has 4 aromatic rings. The molecule has 0 aliphatic rings. The van der Waals surface area contributed by atoms with E-state index >= 15 is 0 Å². The highest BCUT2D eigenvalue weighted by atomic mass is 16.5. The maximum absolute atomic E-state index is 9.20. The third kappa shape index (κ3) is 2.98. The van der Waals surface area contributed by atoms with Crippen molar-refractivity contribution in [2.75, 3.05) is 12.4 Å². The first-order valence-electron chi connectivity index (χ1n) is 8.22. The van der Waals surface area contributed by atoms with Crippen LogP contribution in [0.3, 0.4) is 0 Å². The number of methoxy groups -OCH3 is 1. The highest BCUT2D eigenvalue weighted by Crippen LogP contribution is 2.26. The normalized spacial score (nSPS) is 10.8. The average molecular weight is 346 g/mol. The van der Waals surface area contributed by atoms with Gasteiger partial charge in [-0.05, 0) is 29.8 Å². The van der Waals surface area contributed by atoms with Crippen LogP contribution in [0.1, 0.15) is 5.56 Å². The molecule has 0 aliphatic heterocycles. The molecule has 0 fully saturated rings. The van der Waals surface area contributed by atoms with Crippen LogP contribution in [0.15, 0.2) is 67.1 Å². The predicted molar refractivity (Wildman–Crippen MR) is 101 cm³/mol. The Hall–Kier alpha value is -3.38. The molecule has 2 N–H and O–H groups in total. The summed E-state index contributed by atoms with van der Waals surface area (Å²) in [4.78, 5) is 9.00. The molecule has 6 nitrogen and oxygen atoms in total. The minimum Gasteiger partial charge on any atom is -0.497 e. The van der Waals surface area contributed by atoms with Crippen molar-refractivity contribution in [3.05, 3.63) is 72.7 Å². The van der Waals surface area contributed by atoms with Gasteiger partial charge in [-0.2, -0.15) is 0 Å². The maximum Gasteiger partial charge on any atom is 0.180 e. The first kappa shape index (κ1) is 16.1. The van der Waals surface area contributed by atoms with Gasteiger partial charge in [0, 0.05) is 23.6 Å². The van der Waals surface area contributed by atoms with Gasteiger partial charge in [0.2, 0.25) is 0 Å². The van der Waals surface area contributed by atoms with Crippen molar-refractivity contribution in [3.8, 4) is 17.0 Å². The molecule has 130 valence electrons. The maximum atomic E-state index is 9.20. The lowest BCUT2D eigenvalue weighted by molar-refractivity contribution is 0.282. The second kappa shape index (κ2) is 6.85. The van der Waals surface area contributed by atoms with Gasteiger partial charge in [-0.3, -0.25) is 4.40 Å². The number of fused-ring (bicyclic) bond motifs is 1. The summed E-state index contributed by atoms with van der Waals surface area (Å²) >= 11 is 0. The first-order valence-corrected chi connectivity index (χ1v) is 8.22. The van der Waals surface area contributed by atoms with Crippen molar-refractivity contribution in [2.45, 2.75) is 6.61 Å². The fourth-order valence-electron chi connectivity index (χ4n) is 2.81. The van der Waals surface area contributed by atoms with E-state index in [2.05, 4.69) is 15.3 Å². The molecule has 0 radical (unpaired) electrons. The minimum atomic E-state index is 0.0315. The van der Waals surface area contributed by atoms with E-state index in [0.29, 0.717) is 5.82 Å². The molecule has 2 heterocycles. The Morgan fingerprint density at radius 1 is 1.04 bits per heavy atom. The lowest BCUT2D eigenvalue weighted by Gasteiger charge is -2.11. The topological polar surface area (TPSA) is 71.7 Å². The standard InChI is InChI=1S/C20H18N4O2/c1-26-17-8-6-16(7-9-17)23-19-20-21-10-11-24(20)18(12-22-19)15-4-2-14(13-25)3-5-15/h2-12,25H,13H2,1H3,(H,22,23). The largest absolute Gasteiger partial charge is 0.497 e. The van der Waals surface area contributed by atoms with Crippen LogP contribution in [0.25, 0.3) is 16.9 Å². The molecule has 4 rings (SSSR count). The van der Waals surface area contributed by atoms with Gasteiger partial charge in [-0.1, -0.05) is 24.3 Å². The van der Waals surface area contributed by atoms with Crippen LogP contribution >= 0.6 is 0 Å². The number of hydrogen-bond acceptors (Lipinski definition) is 5. The van der Waals surface area contributed by atoms with Gasteiger partial charge in [0.1, 0.15) is 5.75 Å². The van der Waals surface area contributed by atoms with E-state index in [1.54, 1.807) is 13.3 Å². The van der Waals surface area contributed by atoms with Crippen LogP contribution in [0.4, 0.5) is 11.5 Å². The van der Waals surface area contributed by atoms with Gasteiger partial charge in [-0.15, -0.1) is 0 Å². The molecule has 0 saturated heterocycles. The minimum absolute atomic E-state index is 0.0315. The van der Waals surface area contributed by atoms with Crippen LogP contribution in [0.5, 0.6) is 5.75 Å². The van der Waals surface area contributed by atoms with Crippen molar-refractivity contribution >= 4 is 17.2 Å². The van der Waals surface area contributed by atoms with Crippen LogP contribution in [-0.2, 0) is 6.61 Å². The summed E-state index contributed by atoms with van der Waals surface area (Å²) in [5, 5.41) is 12.5. The van der Waals surface area contributed by atoms with Crippen LogP contribution in [0.2, 0.25) is 0 Å². The number of ether oxygens (including phenoxy) is 1. The third-order valence-corrected chi connectivity index (χ3v) is 4.21. The highest BCUT2D eigenvalue weighted by Gasteiger charge is 2.10. The first-order chi connectivity index (χ1) is 12.8. The summed E-state index contributed by atoms with van der Waals surface area (Å²) in [5.41, 5.74) is 4.46. The van der Waals surface area contributed by atoms with Crippen LogP contribution in [-0.4, -0.2) is 26.6 Å². The van der Waals surface area contributed by atoms with E-state index in [9.17, 15) is 5.11 Å².